The molecule has 0 saturated carbocycles. The Morgan fingerprint density at radius 3 is 2.58 bits per heavy atom. The van der Waals surface area contributed by atoms with Crippen LogP contribution in [0, 0.1) is 36.7 Å². The zero-order valence-corrected chi connectivity index (χ0v) is 22.3. The van der Waals surface area contributed by atoms with E-state index in [1.54, 1.807) is 24.3 Å². The fourth-order valence-corrected chi connectivity index (χ4v) is 5.35. The summed E-state index contributed by atoms with van der Waals surface area (Å²) in [7, 11) is 0. The van der Waals surface area contributed by atoms with E-state index in [0.29, 0.717) is 26.8 Å². The van der Waals surface area contributed by atoms with E-state index in [2.05, 4.69) is 32.2 Å². The highest BCUT2D eigenvalue weighted by atomic mass is 79.9. The second-order valence-electron chi connectivity index (χ2n) is 8.36. The van der Waals surface area contributed by atoms with Gasteiger partial charge in [0.25, 0.3) is 0 Å². The third-order valence-electron chi connectivity index (χ3n) is 5.72. The normalized spacial score (nSPS) is 11.9. The van der Waals surface area contributed by atoms with Crippen LogP contribution in [0.5, 0.6) is 5.75 Å². The van der Waals surface area contributed by atoms with Gasteiger partial charge in [0.05, 0.1) is 4.47 Å². The summed E-state index contributed by atoms with van der Waals surface area (Å²) in [5.41, 5.74) is 4.67. The average Bonchev–Trinajstić information content (AvgIpc) is 3.19. The van der Waals surface area contributed by atoms with Crippen LogP contribution in [0.3, 0.4) is 0 Å². The van der Waals surface area contributed by atoms with Gasteiger partial charge in [-0.05, 0) is 95.4 Å². The van der Waals surface area contributed by atoms with Crippen molar-refractivity contribution < 1.29 is 14.1 Å². The summed E-state index contributed by atoms with van der Waals surface area (Å²) in [6, 6.07) is 17.7. The van der Waals surface area contributed by atoms with E-state index in [1.807, 2.05) is 43.5 Å². The minimum atomic E-state index is -0.512. The van der Waals surface area contributed by atoms with Gasteiger partial charge in [-0.3, -0.25) is 14.7 Å². The number of aryl methyl sites for hydroxylation is 3. The zero-order valence-electron chi connectivity index (χ0n) is 19.9. The van der Waals surface area contributed by atoms with Gasteiger partial charge in [-0.1, -0.05) is 36.0 Å². The summed E-state index contributed by atoms with van der Waals surface area (Å²) in [4.78, 5) is 11.2. The maximum atomic E-state index is 13.4. The van der Waals surface area contributed by atoms with E-state index in [0.717, 1.165) is 16.8 Å². The molecule has 0 spiro atoms. The van der Waals surface area contributed by atoms with Crippen LogP contribution < -0.4 is 4.74 Å². The third-order valence-corrected chi connectivity index (χ3v) is 7.52. The van der Waals surface area contributed by atoms with Crippen molar-refractivity contribution in [3.8, 4) is 11.4 Å². The van der Waals surface area contributed by atoms with E-state index in [-0.39, 0.29) is 23.9 Å². The van der Waals surface area contributed by atoms with Crippen molar-refractivity contribution in [3.63, 3.8) is 0 Å². The first-order valence-corrected chi connectivity index (χ1v) is 12.8. The molecule has 0 amide bonds. The molecule has 1 heterocycles. The van der Waals surface area contributed by atoms with E-state index in [1.165, 1.54) is 29.5 Å². The first-order chi connectivity index (χ1) is 17.2. The number of nitro groups is 1. The molecule has 7 nitrogen and oxygen atoms in total. The van der Waals surface area contributed by atoms with Crippen LogP contribution in [-0.4, -0.2) is 26.2 Å². The molecule has 3 aromatic carbocycles. The molecule has 0 aliphatic heterocycles. The molecular weight excluding hydrogens is 547 g/mol. The van der Waals surface area contributed by atoms with Crippen LogP contribution in [0.15, 0.2) is 70.3 Å². The average molecular weight is 571 g/mol. The number of aromatic nitrogens is 3. The largest absolute Gasteiger partial charge is 0.488 e. The highest BCUT2D eigenvalue weighted by molar-refractivity contribution is 9.10. The van der Waals surface area contributed by atoms with Crippen molar-refractivity contribution in [2.75, 3.05) is 6.54 Å². The van der Waals surface area contributed by atoms with Crippen LogP contribution in [0.1, 0.15) is 33.3 Å². The maximum Gasteiger partial charge on any atom is 0.220 e. The smallest absolute Gasteiger partial charge is 0.220 e. The SMILES string of the molecule is Cc1ccc(-n2c(C)nnc2S[C@@H](C[N+](=O)[O-])c2ccc(OCc3cccc(F)c3)c(Br)c2)cc1C. The molecule has 1 aromatic heterocycles. The van der Waals surface area contributed by atoms with Gasteiger partial charge in [0.2, 0.25) is 6.54 Å². The molecule has 4 aromatic rings. The lowest BCUT2D eigenvalue weighted by atomic mass is 10.1. The fourth-order valence-electron chi connectivity index (χ4n) is 3.68. The highest BCUT2D eigenvalue weighted by Gasteiger charge is 2.24. The second kappa shape index (κ2) is 11.2. The van der Waals surface area contributed by atoms with Gasteiger partial charge in [0.1, 0.15) is 29.2 Å². The number of hydrogen-bond donors (Lipinski definition) is 0. The zero-order chi connectivity index (χ0) is 25.8. The Balaban J connectivity index is 1.59. The number of halogens is 2. The molecule has 36 heavy (non-hydrogen) atoms. The molecule has 0 N–H and O–H groups in total. The van der Waals surface area contributed by atoms with Crippen LogP contribution in [0.2, 0.25) is 0 Å². The monoisotopic (exact) mass is 570 g/mol. The molecule has 0 aliphatic rings. The summed E-state index contributed by atoms with van der Waals surface area (Å²) < 4.78 is 21.8. The van der Waals surface area contributed by atoms with Crippen molar-refractivity contribution in [2.45, 2.75) is 37.8 Å². The Morgan fingerprint density at radius 1 is 1.08 bits per heavy atom. The molecule has 0 unspecified atom stereocenters. The van der Waals surface area contributed by atoms with Crippen LogP contribution in [0.25, 0.3) is 5.69 Å². The Labute approximate surface area is 221 Å². The van der Waals surface area contributed by atoms with Gasteiger partial charge in [0, 0.05) is 10.6 Å². The Bertz CT molecular complexity index is 1410. The quantitative estimate of drug-likeness (QED) is 0.125. The minimum absolute atomic E-state index is 0.196. The third kappa shape index (κ3) is 6.11. The molecule has 0 fully saturated rings. The van der Waals surface area contributed by atoms with Crippen molar-refractivity contribution in [1.29, 1.82) is 0 Å². The molecule has 186 valence electrons. The number of ether oxygens (including phenoxy) is 1. The topological polar surface area (TPSA) is 83.1 Å². The van der Waals surface area contributed by atoms with E-state index in [9.17, 15) is 14.5 Å². The van der Waals surface area contributed by atoms with Gasteiger partial charge in [-0.15, -0.1) is 10.2 Å². The van der Waals surface area contributed by atoms with E-state index in [4.69, 9.17) is 4.74 Å². The van der Waals surface area contributed by atoms with Crippen LogP contribution in [-0.2, 0) is 6.61 Å². The molecular formula is C26H24BrFN4O3S. The van der Waals surface area contributed by atoms with Crippen molar-refractivity contribution in [1.82, 2.24) is 14.8 Å². The van der Waals surface area contributed by atoms with Gasteiger partial charge in [0.15, 0.2) is 5.16 Å². The first-order valence-electron chi connectivity index (χ1n) is 11.2. The number of nitrogens with zero attached hydrogens (tertiary/aromatic N) is 4. The Hall–Kier alpha value is -3.24. The van der Waals surface area contributed by atoms with E-state index < -0.39 is 5.25 Å². The second-order valence-corrected chi connectivity index (χ2v) is 10.4. The lowest BCUT2D eigenvalue weighted by Crippen LogP contribution is -2.11. The van der Waals surface area contributed by atoms with Gasteiger partial charge in [-0.25, -0.2) is 4.39 Å². The summed E-state index contributed by atoms with van der Waals surface area (Å²) in [5.74, 6) is 0.930. The molecule has 0 radical (unpaired) electrons. The lowest BCUT2D eigenvalue weighted by Gasteiger charge is -2.16. The van der Waals surface area contributed by atoms with Crippen molar-refractivity contribution in [2.24, 2.45) is 0 Å². The standard InChI is InChI=1S/C26H24BrFN4O3S/c1-16-7-9-22(11-17(16)2)32-18(3)29-30-26(32)36-25(14-31(33)34)20-8-10-24(23(27)13-20)35-15-19-5-4-6-21(28)12-19/h4-13,25H,14-15H2,1-3H3/t25-/m0/s1. The number of benzene rings is 3. The number of rotatable bonds is 9. The summed E-state index contributed by atoms with van der Waals surface area (Å²) in [6.45, 7) is 5.84. The first kappa shape index (κ1) is 25.8. The molecule has 0 bridgehead atoms. The van der Waals surface area contributed by atoms with Gasteiger partial charge in [-0.2, -0.15) is 0 Å². The van der Waals surface area contributed by atoms with Crippen molar-refractivity contribution in [3.05, 3.63) is 109 Å². The van der Waals surface area contributed by atoms with Crippen LogP contribution in [0.4, 0.5) is 4.39 Å². The van der Waals surface area contributed by atoms with Crippen molar-refractivity contribution >= 4 is 27.7 Å². The fraction of sp³-hybridized carbons (Fsp3) is 0.231. The molecule has 0 saturated heterocycles. The summed E-state index contributed by atoms with van der Waals surface area (Å²) in [6.07, 6.45) is 0. The minimum Gasteiger partial charge on any atom is -0.488 e. The molecule has 10 heteroatoms. The number of hydrogen-bond acceptors (Lipinski definition) is 6. The van der Waals surface area contributed by atoms with E-state index >= 15 is 0 Å². The molecule has 1 atom stereocenters. The predicted molar refractivity (Wildman–Crippen MR) is 141 cm³/mol. The summed E-state index contributed by atoms with van der Waals surface area (Å²) in [5, 5.41) is 20.1. The predicted octanol–water partition coefficient (Wildman–Crippen LogP) is 6.78. The Kier molecular flexibility index (Phi) is 8.05. The molecule has 0 aliphatic carbocycles. The highest BCUT2D eigenvalue weighted by Crippen LogP contribution is 2.39. The lowest BCUT2D eigenvalue weighted by molar-refractivity contribution is -0.479. The number of thioether (sulfide) groups is 1. The van der Waals surface area contributed by atoms with Gasteiger partial charge < -0.3 is 4.74 Å². The molecule has 4 rings (SSSR count). The summed E-state index contributed by atoms with van der Waals surface area (Å²) >= 11 is 4.81. The Morgan fingerprint density at radius 2 is 1.89 bits per heavy atom. The van der Waals surface area contributed by atoms with Gasteiger partial charge >= 0.3 is 0 Å². The van der Waals surface area contributed by atoms with Crippen LogP contribution >= 0.6 is 27.7 Å². The maximum absolute atomic E-state index is 13.4.